The second kappa shape index (κ2) is 9.68. The van der Waals surface area contributed by atoms with E-state index in [2.05, 4.69) is 15.2 Å². The Morgan fingerprint density at radius 2 is 1.91 bits per heavy atom. The molecule has 1 atom stereocenters. The summed E-state index contributed by atoms with van der Waals surface area (Å²) in [5.74, 6) is 0.258. The molecule has 1 aromatic carbocycles. The monoisotopic (exact) mass is 454 g/mol. The molecule has 8 nitrogen and oxygen atoms in total. The average Bonchev–Trinajstić information content (AvgIpc) is 2.84. The van der Waals surface area contributed by atoms with E-state index in [1.807, 2.05) is 6.92 Å². The molecule has 1 aromatic heterocycles. The number of esters is 1. The zero-order chi connectivity index (χ0) is 23.4. The third-order valence-electron chi connectivity index (χ3n) is 5.89. The van der Waals surface area contributed by atoms with Gasteiger partial charge in [-0.15, -0.1) is 0 Å². The number of morpholine rings is 1. The summed E-state index contributed by atoms with van der Waals surface area (Å²) in [6.45, 7) is 5.02. The van der Waals surface area contributed by atoms with Gasteiger partial charge in [-0.25, -0.2) is 19.2 Å². The van der Waals surface area contributed by atoms with Crippen molar-refractivity contribution in [1.29, 1.82) is 0 Å². The van der Waals surface area contributed by atoms with Crippen molar-refractivity contribution in [2.24, 2.45) is 4.99 Å². The Morgan fingerprint density at radius 1 is 1.18 bits per heavy atom. The van der Waals surface area contributed by atoms with Crippen LogP contribution in [0.25, 0.3) is 0 Å². The summed E-state index contributed by atoms with van der Waals surface area (Å²) < 4.78 is 29.6. The van der Waals surface area contributed by atoms with Crippen LogP contribution < -0.4 is 10.1 Å². The Morgan fingerprint density at radius 3 is 2.52 bits per heavy atom. The fourth-order valence-electron chi connectivity index (χ4n) is 4.08. The van der Waals surface area contributed by atoms with Crippen molar-refractivity contribution in [2.45, 2.75) is 12.5 Å². The molecule has 0 bridgehead atoms. The van der Waals surface area contributed by atoms with E-state index < -0.39 is 11.5 Å². The van der Waals surface area contributed by atoms with Crippen LogP contribution >= 0.6 is 0 Å². The molecule has 3 heterocycles. The van der Waals surface area contributed by atoms with Crippen LogP contribution in [-0.2, 0) is 19.8 Å². The van der Waals surface area contributed by atoms with Crippen LogP contribution in [0.3, 0.4) is 0 Å². The van der Waals surface area contributed by atoms with Crippen LogP contribution in [0.15, 0.2) is 58.9 Å². The summed E-state index contributed by atoms with van der Waals surface area (Å²) in [5.41, 5.74) is 1.17. The molecule has 9 heteroatoms. The molecule has 33 heavy (non-hydrogen) atoms. The number of hydrogen-bond acceptors (Lipinski definition) is 8. The molecule has 1 saturated heterocycles. The number of rotatable bonds is 6. The molecule has 0 amide bonds. The number of methoxy groups -OCH3 is 2. The number of carbonyl (C=O) groups excluding carboxylic acids is 1. The molecule has 0 radical (unpaired) electrons. The molecule has 1 unspecified atom stereocenters. The maximum absolute atomic E-state index is 13.7. The van der Waals surface area contributed by atoms with Gasteiger partial charge in [-0.2, -0.15) is 0 Å². The standard InChI is InChI=1S/C24H27FN4O4/c1-24(16-4-6-17(25)7-5-16)21(23(30)32-3)20(15-29-10-12-33-13-11-29)27-22(28-24)19-9-8-18(31-2)14-26-19/h4-9,14H,10-13,15H2,1-3H3,(H,27,28). The van der Waals surface area contributed by atoms with E-state index in [0.29, 0.717) is 53.9 Å². The third-order valence-corrected chi connectivity index (χ3v) is 5.89. The van der Waals surface area contributed by atoms with Gasteiger partial charge in [0.05, 0.1) is 39.2 Å². The summed E-state index contributed by atoms with van der Waals surface area (Å²) in [6.07, 6.45) is 1.61. The molecule has 0 aliphatic carbocycles. The summed E-state index contributed by atoms with van der Waals surface area (Å²) >= 11 is 0. The molecule has 2 aromatic rings. The first-order chi connectivity index (χ1) is 15.9. The zero-order valence-corrected chi connectivity index (χ0v) is 18.9. The molecule has 174 valence electrons. The number of halogens is 1. The van der Waals surface area contributed by atoms with Crippen molar-refractivity contribution in [3.8, 4) is 5.75 Å². The first kappa shape index (κ1) is 22.9. The van der Waals surface area contributed by atoms with Crippen LogP contribution in [0.2, 0.25) is 0 Å². The number of aromatic nitrogens is 1. The largest absolute Gasteiger partial charge is 0.495 e. The predicted molar refractivity (Wildman–Crippen MR) is 121 cm³/mol. The summed E-state index contributed by atoms with van der Waals surface area (Å²) in [5, 5.41) is 3.33. The van der Waals surface area contributed by atoms with Crippen molar-refractivity contribution < 1.29 is 23.4 Å². The number of carbonyl (C=O) groups is 1. The zero-order valence-electron chi connectivity index (χ0n) is 18.9. The summed E-state index contributed by atoms with van der Waals surface area (Å²) in [7, 11) is 2.92. The van der Waals surface area contributed by atoms with Gasteiger partial charge in [-0.05, 0) is 36.8 Å². The second-order valence-electron chi connectivity index (χ2n) is 7.98. The summed E-state index contributed by atoms with van der Waals surface area (Å²) in [6, 6.07) is 9.59. The molecule has 4 rings (SSSR count). The lowest BCUT2D eigenvalue weighted by atomic mass is 9.82. The number of pyridine rings is 1. The van der Waals surface area contributed by atoms with Gasteiger partial charge in [-0.1, -0.05) is 12.1 Å². The Labute approximate surface area is 192 Å². The maximum atomic E-state index is 13.7. The Bertz CT molecular complexity index is 1060. The van der Waals surface area contributed by atoms with E-state index in [1.54, 1.807) is 37.6 Å². The van der Waals surface area contributed by atoms with Gasteiger partial charge in [0, 0.05) is 25.3 Å². The first-order valence-electron chi connectivity index (χ1n) is 10.7. The first-order valence-corrected chi connectivity index (χ1v) is 10.7. The van der Waals surface area contributed by atoms with Gasteiger partial charge >= 0.3 is 5.97 Å². The minimum absolute atomic E-state index is 0.366. The van der Waals surface area contributed by atoms with E-state index in [-0.39, 0.29) is 5.82 Å². The van der Waals surface area contributed by atoms with Crippen LogP contribution in [0, 0.1) is 5.82 Å². The predicted octanol–water partition coefficient (Wildman–Crippen LogP) is 2.25. The van der Waals surface area contributed by atoms with Gasteiger partial charge in [0.2, 0.25) is 0 Å². The third kappa shape index (κ3) is 4.74. The van der Waals surface area contributed by atoms with Crippen molar-refractivity contribution in [1.82, 2.24) is 15.2 Å². The SMILES string of the molecule is COC(=O)C1=C(CN2CCOCC2)NC(c2ccc(OC)cn2)=NC1(C)c1ccc(F)cc1. The number of aliphatic imine (C=N–C) groups is 1. The quantitative estimate of drug-likeness (QED) is 0.670. The van der Waals surface area contributed by atoms with Gasteiger partial charge in [0.1, 0.15) is 22.8 Å². The maximum Gasteiger partial charge on any atom is 0.338 e. The number of amidine groups is 1. The van der Waals surface area contributed by atoms with Crippen molar-refractivity contribution >= 4 is 11.8 Å². The Kier molecular flexibility index (Phi) is 6.71. The lowest BCUT2D eigenvalue weighted by Crippen LogP contribution is -2.46. The van der Waals surface area contributed by atoms with Gasteiger partial charge in [0.25, 0.3) is 0 Å². The number of nitrogens with one attached hydrogen (secondary N) is 1. The molecule has 1 fully saturated rings. The molecule has 2 aliphatic heterocycles. The lowest BCUT2D eigenvalue weighted by Gasteiger charge is -2.37. The van der Waals surface area contributed by atoms with E-state index in [9.17, 15) is 9.18 Å². The van der Waals surface area contributed by atoms with Crippen molar-refractivity contribution in [3.63, 3.8) is 0 Å². The number of nitrogens with zero attached hydrogens (tertiary/aromatic N) is 3. The van der Waals surface area contributed by atoms with E-state index in [1.165, 1.54) is 19.2 Å². The topological polar surface area (TPSA) is 85.3 Å². The van der Waals surface area contributed by atoms with Crippen molar-refractivity contribution in [2.75, 3.05) is 47.1 Å². The van der Waals surface area contributed by atoms with Crippen LogP contribution in [0.1, 0.15) is 18.2 Å². The van der Waals surface area contributed by atoms with E-state index in [0.717, 1.165) is 13.1 Å². The molecule has 2 aliphatic rings. The minimum atomic E-state index is -1.12. The Hall–Kier alpha value is -3.30. The highest BCUT2D eigenvalue weighted by Gasteiger charge is 2.42. The van der Waals surface area contributed by atoms with Crippen LogP contribution in [-0.4, -0.2) is 68.8 Å². The number of ether oxygens (including phenoxy) is 3. The highest BCUT2D eigenvalue weighted by molar-refractivity contribution is 6.03. The average molecular weight is 455 g/mol. The normalized spacial score (nSPS) is 21.3. The molecular weight excluding hydrogens is 427 g/mol. The van der Waals surface area contributed by atoms with Crippen molar-refractivity contribution in [3.05, 3.63) is 70.9 Å². The van der Waals surface area contributed by atoms with Crippen LogP contribution in [0.5, 0.6) is 5.75 Å². The Balaban J connectivity index is 1.84. The van der Waals surface area contributed by atoms with Crippen LogP contribution in [0.4, 0.5) is 4.39 Å². The lowest BCUT2D eigenvalue weighted by molar-refractivity contribution is -0.137. The van der Waals surface area contributed by atoms with Gasteiger partial charge in [0.15, 0.2) is 5.84 Å². The highest BCUT2D eigenvalue weighted by atomic mass is 19.1. The highest BCUT2D eigenvalue weighted by Crippen LogP contribution is 2.39. The number of benzene rings is 1. The second-order valence-corrected chi connectivity index (χ2v) is 7.98. The molecular formula is C24H27FN4O4. The van der Waals surface area contributed by atoms with Gasteiger partial charge in [-0.3, -0.25) is 4.90 Å². The molecule has 0 spiro atoms. The fraction of sp³-hybridized carbons (Fsp3) is 0.375. The summed E-state index contributed by atoms with van der Waals surface area (Å²) in [4.78, 5) is 24.6. The molecule has 0 saturated carbocycles. The minimum Gasteiger partial charge on any atom is -0.495 e. The van der Waals surface area contributed by atoms with Gasteiger partial charge < -0.3 is 19.5 Å². The van der Waals surface area contributed by atoms with E-state index in [4.69, 9.17) is 19.2 Å². The van der Waals surface area contributed by atoms with E-state index >= 15 is 0 Å². The molecule has 1 N–H and O–H groups in total. The smallest absolute Gasteiger partial charge is 0.338 e. The fourth-order valence-corrected chi connectivity index (χ4v) is 4.08. The number of hydrogen-bond donors (Lipinski definition) is 1.